The lowest BCUT2D eigenvalue weighted by Gasteiger charge is -2.00. The quantitative estimate of drug-likeness (QED) is 0.814. The Hall–Kier alpha value is -1.78. The average Bonchev–Trinajstić information content (AvgIpc) is 2.54. The Kier molecular flexibility index (Phi) is 4.31. The van der Waals surface area contributed by atoms with E-state index in [1.54, 1.807) is 6.92 Å². The zero-order chi connectivity index (χ0) is 13.0. The smallest absolute Gasteiger partial charge is 0.355 e. The fourth-order valence-corrected chi connectivity index (χ4v) is 1.48. The highest BCUT2D eigenvalue weighted by atomic mass is 16.5. The highest BCUT2D eigenvalue weighted by molar-refractivity contribution is 5.89. The van der Waals surface area contributed by atoms with Crippen molar-refractivity contribution in [1.82, 2.24) is 4.98 Å². The first-order valence-corrected chi connectivity index (χ1v) is 5.45. The summed E-state index contributed by atoms with van der Waals surface area (Å²) in [6.45, 7) is 7.26. The Morgan fingerprint density at radius 1 is 1.18 bits per heavy atom. The zero-order valence-electron chi connectivity index (χ0n) is 10.5. The molecule has 0 aliphatic carbocycles. The molecule has 5 nitrogen and oxygen atoms in total. The molecule has 1 N–H and O–H groups in total. The summed E-state index contributed by atoms with van der Waals surface area (Å²) >= 11 is 0. The van der Waals surface area contributed by atoms with Gasteiger partial charge < -0.3 is 14.5 Å². The minimum absolute atomic E-state index is 0.140. The second-order valence-corrected chi connectivity index (χ2v) is 3.73. The topological polar surface area (TPSA) is 68.4 Å². The molecular formula is C12H17NO4. The van der Waals surface area contributed by atoms with Crippen LogP contribution in [0.1, 0.15) is 41.2 Å². The van der Waals surface area contributed by atoms with Crippen molar-refractivity contribution in [3.05, 3.63) is 22.5 Å². The van der Waals surface area contributed by atoms with Crippen molar-refractivity contribution in [3.8, 4) is 0 Å². The molecule has 0 saturated heterocycles. The number of carbonyl (C=O) groups is 2. The van der Waals surface area contributed by atoms with Gasteiger partial charge in [0.2, 0.25) is 0 Å². The monoisotopic (exact) mass is 239 g/mol. The van der Waals surface area contributed by atoms with E-state index in [2.05, 4.69) is 4.98 Å². The van der Waals surface area contributed by atoms with E-state index in [9.17, 15) is 9.59 Å². The molecule has 0 aromatic carbocycles. The zero-order valence-corrected chi connectivity index (χ0v) is 10.5. The molecule has 0 spiro atoms. The molecule has 5 heteroatoms. The third kappa shape index (κ3) is 3.09. The lowest BCUT2D eigenvalue weighted by Crippen LogP contribution is -2.07. The van der Waals surface area contributed by atoms with Gasteiger partial charge >= 0.3 is 11.9 Å². The van der Waals surface area contributed by atoms with Gasteiger partial charge in [-0.2, -0.15) is 0 Å². The molecule has 1 aromatic rings. The molecule has 0 fully saturated rings. The second-order valence-electron chi connectivity index (χ2n) is 3.73. The number of carbonyl (C=O) groups excluding carboxylic acids is 2. The molecule has 0 unspecified atom stereocenters. The Morgan fingerprint density at radius 3 is 2.35 bits per heavy atom. The van der Waals surface area contributed by atoms with Crippen LogP contribution in [0.5, 0.6) is 0 Å². The van der Waals surface area contributed by atoms with Gasteiger partial charge in [-0.15, -0.1) is 0 Å². The average molecular weight is 239 g/mol. The molecule has 0 radical (unpaired) electrons. The van der Waals surface area contributed by atoms with Crippen LogP contribution in [0.25, 0.3) is 0 Å². The lowest BCUT2D eigenvalue weighted by molar-refractivity contribution is -0.142. The maximum atomic E-state index is 11.6. The molecule has 0 atom stereocenters. The van der Waals surface area contributed by atoms with Gasteiger partial charge in [0.1, 0.15) is 12.3 Å². The lowest BCUT2D eigenvalue weighted by atomic mass is 10.1. The van der Waals surface area contributed by atoms with Gasteiger partial charge in [-0.1, -0.05) is 0 Å². The van der Waals surface area contributed by atoms with E-state index in [0.717, 1.165) is 16.8 Å². The van der Waals surface area contributed by atoms with Gasteiger partial charge in [0.05, 0.1) is 12.3 Å². The van der Waals surface area contributed by atoms with E-state index in [-0.39, 0.29) is 18.5 Å². The summed E-state index contributed by atoms with van der Waals surface area (Å²) in [4.78, 5) is 25.3. The highest BCUT2D eigenvalue weighted by Gasteiger charge is 2.17. The number of rotatable bonds is 4. The fourth-order valence-electron chi connectivity index (χ4n) is 1.48. The minimum atomic E-state index is -0.387. The molecular weight excluding hydrogens is 222 g/mol. The van der Waals surface area contributed by atoms with E-state index in [1.165, 1.54) is 6.92 Å². The third-order valence-electron chi connectivity index (χ3n) is 2.57. The van der Waals surface area contributed by atoms with Crippen LogP contribution in [0.4, 0.5) is 0 Å². The molecule has 0 saturated carbocycles. The van der Waals surface area contributed by atoms with Crippen LogP contribution in [-0.2, 0) is 20.9 Å². The van der Waals surface area contributed by atoms with Crippen LogP contribution < -0.4 is 0 Å². The molecule has 0 aliphatic heterocycles. The van der Waals surface area contributed by atoms with E-state index < -0.39 is 0 Å². The highest BCUT2D eigenvalue weighted by Crippen LogP contribution is 2.18. The number of nitrogens with one attached hydrogen (secondary N) is 1. The van der Waals surface area contributed by atoms with Gasteiger partial charge in [-0.25, -0.2) is 4.79 Å². The number of aromatic amines is 1. The summed E-state index contributed by atoms with van der Waals surface area (Å²) in [7, 11) is 0. The predicted octanol–water partition coefficient (Wildman–Crippen LogP) is 1.87. The van der Waals surface area contributed by atoms with Gasteiger partial charge in [0.15, 0.2) is 0 Å². The SMILES string of the molecule is CCOC(=O)c1[nH]c(COC(C)=O)c(C)c1C. The van der Waals surface area contributed by atoms with Gasteiger partial charge in [0, 0.05) is 6.92 Å². The molecule has 0 aliphatic rings. The summed E-state index contributed by atoms with van der Waals surface area (Å²) in [6.07, 6.45) is 0. The van der Waals surface area contributed by atoms with E-state index in [1.807, 2.05) is 13.8 Å². The molecule has 1 aromatic heterocycles. The van der Waals surface area contributed by atoms with Crippen molar-refractivity contribution in [3.63, 3.8) is 0 Å². The summed E-state index contributed by atoms with van der Waals surface area (Å²) in [6, 6.07) is 0. The van der Waals surface area contributed by atoms with Gasteiger partial charge in [0.25, 0.3) is 0 Å². The Bertz CT molecular complexity index is 434. The van der Waals surface area contributed by atoms with E-state index in [4.69, 9.17) is 9.47 Å². The molecule has 1 heterocycles. The number of H-pyrrole nitrogens is 1. The maximum Gasteiger partial charge on any atom is 0.355 e. The van der Waals surface area contributed by atoms with Crippen molar-refractivity contribution >= 4 is 11.9 Å². The molecule has 17 heavy (non-hydrogen) atoms. The fraction of sp³-hybridized carbons (Fsp3) is 0.500. The van der Waals surface area contributed by atoms with E-state index in [0.29, 0.717) is 12.3 Å². The Balaban J connectivity index is 2.91. The summed E-state index contributed by atoms with van der Waals surface area (Å²) < 4.78 is 9.82. The van der Waals surface area contributed by atoms with Crippen LogP contribution in [0, 0.1) is 13.8 Å². The van der Waals surface area contributed by atoms with E-state index >= 15 is 0 Å². The van der Waals surface area contributed by atoms with Crippen LogP contribution in [0.2, 0.25) is 0 Å². The van der Waals surface area contributed by atoms with Crippen LogP contribution in [-0.4, -0.2) is 23.5 Å². The van der Waals surface area contributed by atoms with Crippen molar-refractivity contribution < 1.29 is 19.1 Å². The first kappa shape index (κ1) is 13.3. The second kappa shape index (κ2) is 5.52. The normalized spacial score (nSPS) is 10.1. The molecule has 94 valence electrons. The minimum Gasteiger partial charge on any atom is -0.461 e. The summed E-state index contributed by atoms with van der Waals surface area (Å²) in [5.41, 5.74) is 2.88. The number of hydrogen-bond donors (Lipinski definition) is 1. The first-order chi connectivity index (χ1) is 7.97. The summed E-state index contributed by atoms with van der Waals surface area (Å²) in [5.74, 6) is -0.739. The van der Waals surface area contributed by atoms with Crippen molar-refractivity contribution in [2.24, 2.45) is 0 Å². The molecule has 0 amide bonds. The Labute approximate surface area is 100 Å². The van der Waals surface area contributed by atoms with Gasteiger partial charge in [-0.05, 0) is 31.9 Å². The number of hydrogen-bond acceptors (Lipinski definition) is 4. The number of aromatic nitrogens is 1. The van der Waals surface area contributed by atoms with Crippen molar-refractivity contribution in [1.29, 1.82) is 0 Å². The molecule has 0 bridgehead atoms. The molecule has 1 rings (SSSR count). The largest absolute Gasteiger partial charge is 0.461 e. The number of ether oxygens (including phenoxy) is 2. The standard InChI is InChI=1S/C12H17NO4/c1-5-16-12(15)11-8(3)7(2)10(13-11)6-17-9(4)14/h13H,5-6H2,1-4H3. The first-order valence-electron chi connectivity index (χ1n) is 5.45. The summed E-state index contributed by atoms with van der Waals surface area (Å²) in [5, 5.41) is 0. The van der Waals surface area contributed by atoms with Crippen LogP contribution >= 0.6 is 0 Å². The maximum absolute atomic E-state index is 11.6. The van der Waals surface area contributed by atoms with Crippen LogP contribution in [0.15, 0.2) is 0 Å². The third-order valence-corrected chi connectivity index (χ3v) is 2.57. The van der Waals surface area contributed by atoms with Crippen molar-refractivity contribution in [2.45, 2.75) is 34.3 Å². The van der Waals surface area contributed by atoms with Crippen LogP contribution in [0.3, 0.4) is 0 Å². The predicted molar refractivity (Wildman–Crippen MR) is 61.7 cm³/mol. The number of esters is 2. The van der Waals surface area contributed by atoms with Crippen molar-refractivity contribution in [2.75, 3.05) is 6.61 Å². The van der Waals surface area contributed by atoms with Gasteiger partial charge in [-0.3, -0.25) is 4.79 Å². The Morgan fingerprint density at radius 2 is 1.82 bits per heavy atom.